The average Bonchev–Trinajstić information content (AvgIpc) is 2.48. The molecule has 0 aliphatic rings. The van der Waals surface area contributed by atoms with Gasteiger partial charge >= 0.3 is 0 Å². The van der Waals surface area contributed by atoms with E-state index in [0.717, 1.165) is 12.1 Å². The summed E-state index contributed by atoms with van der Waals surface area (Å²) in [7, 11) is 0. The number of nitrogens with two attached hydrogens (primary N) is 1. The zero-order chi connectivity index (χ0) is 16.1. The van der Waals surface area contributed by atoms with E-state index in [2.05, 4.69) is 10.9 Å². The smallest absolute Gasteiger partial charge is 0.145 e. The highest BCUT2D eigenvalue weighted by atomic mass is 35.5. The monoisotopic (exact) mass is 334 g/mol. The molecule has 0 fully saturated rings. The van der Waals surface area contributed by atoms with Gasteiger partial charge in [-0.2, -0.15) is 0 Å². The SMILES string of the molecule is C#Cc1c(Cl)cc(Cl)cc1-c1nc(C)ccc1OCCCN. The number of hydrogen-bond donors (Lipinski definition) is 1. The molecule has 3 nitrogen and oxygen atoms in total. The van der Waals surface area contributed by atoms with Crippen LogP contribution in [0.1, 0.15) is 17.7 Å². The summed E-state index contributed by atoms with van der Waals surface area (Å²) in [6, 6.07) is 7.11. The minimum atomic E-state index is 0.418. The number of benzene rings is 1. The predicted molar refractivity (Wildman–Crippen MR) is 91.5 cm³/mol. The Hall–Kier alpha value is -1.73. The topological polar surface area (TPSA) is 48.1 Å². The minimum absolute atomic E-state index is 0.418. The maximum atomic E-state index is 6.19. The van der Waals surface area contributed by atoms with Gasteiger partial charge in [0.25, 0.3) is 0 Å². The number of aromatic nitrogens is 1. The van der Waals surface area contributed by atoms with E-state index < -0.39 is 0 Å². The average molecular weight is 335 g/mol. The van der Waals surface area contributed by atoms with Crippen LogP contribution in [0, 0.1) is 19.3 Å². The lowest BCUT2D eigenvalue weighted by Crippen LogP contribution is -2.07. The maximum Gasteiger partial charge on any atom is 0.145 e. The van der Waals surface area contributed by atoms with Crippen LogP contribution >= 0.6 is 23.2 Å². The third-order valence-electron chi connectivity index (χ3n) is 3.06. The van der Waals surface area contributed by atoms with Gasteiger partial charge in [0.15, 0.2) is 0 Å². The van der Waals surface area contributed by atoms with Gasteiger partial charge in [0.2, 0.25) is 0 Å². The van der Waals surface area contributed by atoms with Crippen LogP contribution in [0.5, 0.6) is 5.75 Å². The van der Waals surface area contributed by atoms with Gasteiger partial charge in [0.1, 0.15) is 11.4 Å². The fourth-order valence-corrected chi connectivity index (χ4v) is 2.57. The molecule has 0 saturated carbocycles. The predicted octanol–water partition coefficient (Wildman–Crippen LogP) is 4.07. The molecular weight excluding hydrogens is 319 g/mol. The summed E-state index contributed by atoms with van der Waals surface area (Å²) in [4.78, 5) is 4.54. The van der Waals surface area contributed by atoms with Crippen LogP contribution in [0.4, 0.5) is 0 Å². The van der Waals surface area contributed by atoms with Crippen molar-refractivity contribution in [2.45, 2.75) is 13.3 Å². The Kier molecular flexibility index (Phi) is 5.68. The number of hydrogen-bond acceptors (Lipinski definition) is 3. The van der Waals surface area contributed by atoms with Gasteiger partial charge in [0, 0.05) is 16.3 Å². The summed E-state index contributed by atoms with van der Waals surface area (Å²) in [6.45, 7) is 2.97. The molecule has 114 valence electrons. The van der Waals surface area contributed by atoms with Gasteiger partial charge < -0.3 is 10.5 Å². The number of aryl methyl sites for hydroxylation is 1. The first-order chi connectivity index (χ1) is 10.6. The van der Waals surface area contributed by atoms with E-state index in [1.807, 2.05) is 19.1 Å². The number of rotatable bonds is 5. The Morgan fingerprint density at radius 3 is 2.77 bits per heavy atom. The Balaban J connectivity index is 2.56. The molecular formula is C17H16Cl2N2O. The van der Waals surface area contributed by atoms with Crippen molar-refractivity contribution in [1.29, 1.82) is 0 Å². The first-order valence-electron chi connectivity index (χ1n) is 6.83. The van der Waals surface area contributed by atoms with Gasteiger partial charge in [-0.25, -0.2) is 4.98 Å². The molecule has 0 radical (unpaired) electrons. The maximum absolute atomic E-state index is 6.19. The van der Waals surface area contributed by atoms with E-state index in [0.29, 0.717) is 45.8 Å². The molecule has 2 N–H and O–H groups in total. The molecule has 0 atom stereocenters. The Morgan fingerprint density at radius 2 is 2.09 bits per heavy atom. The van der Waals surface area contributed by atoms with Crippen molar-refractivity contribution < 1.29 is 4.74 Å². The van der Waals surface area contributed by atoms with Gasteiger partial charge in [-0.1, -0.05) is 29.1 Å². The van der Waals surface area contributed by atoms with Crippen LogP contribution in [0.2, 0.25) is 10.0 Å². The highest BCUT2D eigenvalue weighted by molar-refractivity contribution is 6.36. The third kappa shape index (κ3) is 3.72. The molecule has 2 aromatic rings. The standard InChI is InChI=1S/C17H16Cl2N2O/c1-3-13-14(9-12(18)10-15(13)19)17-16(22-8-4-7-20)6-5-11(2)21-17/h1,5-6,9-10H,4,7-8,20H2,2H3. The first kappa shape index (κ1) is 16.6. The quantitative estimate of drug-likeness (QED) is 0.662. The number of ether oxygens (including phenoxy) is 1. The lowest BCUT2D eigenvalue weighted by molar-refractivity contribution is 0.313. The molecule has 5 heteroatoms. The number of halogens is 2. The Morgan fingerprint density at radius 1 is 1.32 bits per heavy atom. The molecule has 0 amide bonds. The van der Waals surface area contributed by atoms with Gasteiger partial charge in [-0.15, -0.1) is 6.42 Å². The van der Waals surface area contributed by atoms with E-state index >= 15 is 0 Å². The lowest BCUT2D eigenvalue weighted by Gasteiger charge is -2.14. The summed E-state index contributed by atoms with van der Waals surface area (Å²) in [5, 5.41) is 0.913. The molecule has 0 unspecified atom stereocenters. The highest BCUT2D eigenvalue weighted by Gasteiger charge is 2.15. The second kappa shape index (κ2) is 7.51. The van der Waals surface area contributed by atoms with E-state index in [1.165, 1.54) is 0 Å². The molecule has 2 rings (SSSR count). The second-order valence-electron chi connectivity index (χ2n) is 4.74. The molecule has 0 aliphatic heterocycles. The Bertz CT molecular complexity index is 723. The van der Waals surface area contributed by atoms with Crippen LogP contribution < -0.4 is 10.5 Å². The lowest BCUT2D eigenvalue weighted by atomic mass is 10.0. The fourth-order valence-electron chi connectivity index (χ4n) is 2.03. The van der Waals surface area contributed by atoms with E-state index in [4.69, 9.17) is 40.1 Å². The van der Waals surface area contributed by atoms with E-state index in [-0.39, 0.29) is 0 Å². The first-order valence-corrected chi connectivity index (χ1v) is 7.59. The van der Waals surface area contributed by atoms with Crippen LogP contribution in [0.25, 0.3) is 11.3 Å². The molecule has 1 heterocycles. The largest absolute Gasteiger partial charge is 0.491 e. The van der Waals surface area contributed by atoms with Gasteiger partial charge in [0.05, 0.1) is 17.2 Å². The summed E-state index contributed by atoms with van der Waals surface area (Å²) in [5.41, 5.74) is 8.21. The number of pyridine rings is 1. The molecule has 0 saturated heterocycles. The summed E-state index contributed by atoms with van der Waals surface area (Å²) in [5.74, 6) is 3.23. The molecule has 0 spiro atoms. The van der Waals surface area contributed by atoms with Crippen molar-refractivity contribution in [2.75, 3.05) is 13.2 Å². The van der Waals surface area contributed by atoms with Crippen molar-refractivity contribution in [3.05, 3.63) is 45.6 Å². The highest BCUT2D eigenvalue weighted by Crippen LogP contribution is 2.36. The summed E-state index contributed by atoms with van der Waals surface area (Å²) >= 11 is 12.3. The zero-order valence-electron chi connectivity index (χ0n) is 12.2. The number of terminal acetylenes is 1. The van der Waals surface area contributed by atoms with Gasteiger partial charge in [-0.05, 0) is 44.2 Å². The van der Waals surface area contributed by atoms with Crippen LogP contribution in [0.3, 0.4) is 0 Å². The van der Waals surface area contributed by atoms with Crippen molar-refractivity contribution in [1.82, 2.24) is 4.98 Å². The fraction of sp³-hybridized carbons (Fsp3) is 0.235. The molecule has 1 aromatic heterocycles. The summed E-state index contributed by atoms with van der Waals surface area (Å²) in [6.07, 6.45) is 6.34. The van der Waals surface area contributed by atoms with Crippen molar-refractivity contribution in [3.63, 3.8) is 0 Å². The molecule has 1 aromatic carbocycles. The normalized spacial score (nSPS) is 10.3. The van der Waals surface area contributed by atoms with Crippen molar-refractivity contribution >= 4 is 23.2 Å². The second-order valence-corrected chi connectivity index (χ2v) is 5.59. The molecule has 0 aliphatic carbocycles. The van der Waals surface area contributed by atoms with Crippen molar-refractivity contribution in [3.8, 4) is 29.4 Å². The summed E-state index contributed by atoms with van der Waals surface area (Å²) < 4.78 is 5.77. The van der Waals surface area contributed by atoms with Crippen molar-refractivity contribution in [2.24, 2.45) is 5.73 Å². The molecule has 0 bridgehead atoms. The van der Waals surface area contributed by atoms with Crippen LogP contribution in [-0.2, 0) is 0 Å². The number of nitrogens with zero attached hydrogens (tertiary/aromatic N) is 1. The van der Waals surface area contributed by atoms with Crippen LogP contribution in [0.15, 0.2) is 24.3 Å². The van der Waals surface area contributed by atoms with Crippen LogP contribution in [-0.4, -0.2) is 18.1 Å². The van der Waals surface area contributed by atoms with E-state index in [9.17, 15) is 0 Å². The molecule has 22 heavy (non-hydrogen) atoms. The Labute approximate surface area is 140 Å². The third-order valence-corrected chi connectivity index (χ3v) is 3.57. The zero-order valence-corrected chi connectivity index (χ0v) is 13.7. The van der Waals surface area contributed by atoms with E-state index in [1.54, 1.807) is 12.1 Å². The van der Waals surface area contributed by atoms with Gasteiger partial charge in [-0.3, -0.25) is 0 Å². The minimum Gasteiger partial charge on any atom is -0.491 e.